The van der Waals surface area contributed by atoms with Crippen molar-refractivity contribution in [3.63, 3.8) is 0 Å². The monoisotopic (exact) mass is 269 g/mol. The van der Waals surface area contributed by atoms with Crippen molar-refractivity contribution >= 4 is 12.0 Å². The van der Waals surface area contributed by atoms with E-state index in [0.717, 1.165) is 24.2 Å². The molecule has 1 aliphatic rings. The van der Waals surface area contributed by atoms with Gasteiger partial charge in [-0.2, -0.15) is 5.26 Å². The second-order valence-electron chi connectivity index (χ2n) is 5.12. The Morgan fingerprint density at radius 3 is 2.50 bits per heavy atom. The summed E-state index contributed by atoms with van der Waals surface area (Å²) in [7, 11) is 2.04. The number of aryl methyl sites for hydroxylation is 1. The summed E-state index contributed by atoms with van der Waals surface area (Å²) in [6.45, 7) is 5.05. The molecule has 0 aromatic heterocycles. The number of carbonyl (C=O) groups is 1. The number of rotatable bonds is 2. The molecular formula is C16H19N3O. The highest BCUT2D eigenvalue weighted by Crippen LogP contribution is 2.14. The summed E-state index contributed by atoms with van der Waals surface area (Å²) in [4.78, 5) is 16.3. The number of amides is 1. The van der Waals surface area contributed by atoms with Gasteiger partial charge in [0.15, 0.2) is 0 Å². The van der Waals surface area contributed by atoms with Crippen molar-refractivity contribution in [3.8, 4) is 6.07 Å². The number of piperazine rings is 1. The van der Waals surface area contributed by atoms with Gasteiger partial charge >= 0.3 is 0 Å². The third-order valence-corrected chi connectivity index (χ3v) is 3.63. The highest BCUT2D eigenvalue weighted by molar-refractivity contribution is 6.01. The number of hydrogen-bond donors (Lipinski definition) is 0. The van der Waals surface area contributed by atoms with E-state index in [9.17, 15) is 10.1 Å². The van der Waals surface area contributed by atoms with E-state index in [1.807, 2.05) is 44.3 Å². The molecular weight excluding hydrogens is 250 g/mol. The predicted molar refractivity (Wildman–Crippen MR) is 78.8 cm³/mol. The fraction of sp³-hybridized carbons (Fsp3) is 0.375. The van der Waals surface area contributed by atoms with Crippen LogP contribution >= 0.6 is 0 Å². The first kappa shape index (κ1) is 14.3. The van der Waals surface area contributed by atoms with Crippen LogP contribution in [0.15, 0.2) is 29.8 Å². The van der Waals surface area contributed by atoms with Gasteiger partial charge in [-0.1, -0.05) is 24.3 Å². The van der Waals surface area contributed by atoms with Crippen LogP contribution in [0.3, 0.4) is 0 Å². The summed E-state index contributed by atoms with van der Waals surface area (Å²) < 4.78 is 0. The summed E-state index contributed by atoms with van der Waals surface area (Å²) in [5.74, 6) is -0.163. The van der Waals surface area contributed by atoms with E-state index in [-0.39, 0.29) is 11.5 Å². The van der Waals surface area contributed by atoms with Crippen molar-refractivity contribution in [2.45, 2.75) is 6.92 Å². The molecule has 4 nitrogen and oxygen atoms in total. The molecule has 0 N–H and O–H groups in total. The lowest BCUT2D eigenvalue weighted by Crippen LogP contribution is -2.47. The molecule has 0 atom stereocenters. The highest BCUT2D eigenvalue weighted by Gasteiger charge is 2.22. The largest absolute Gasteiger partial charge is 0.335 e. The lowest BCUT2D eigenvalue weighted by Gasteiger charge is -2.32. The highest BCUT2D eigenvalue weighted by atomic mass is 16.2. The van der Waals surface area contributed by atoms with Gasteiger partial charge in [0.2, 0.25) is 0 Å². The summed E-state index contributed by atoms with van der Waals surface area (Å²) in [5, 5.41) is 9.26. The maximum Gasteiger partial charge on any atom is 0.264 e. The van der Waals surface area contributed by atoms with Gasteiger partial charge in [0.25, 0.3) is 5.91 Å². The fourth-order valence-electron chi connectivity index (χ4n) is 2.23. The molecule has 1 aromatic carbocycles. The van der Waals surface area contributed by atoms with E-state index in [1.54, 1.807) is 11.0 Å². The van der Waals surface area contributed by atoms with E-state index in [4.69, 9.17) is 0 Å². The average molecular weight is 269 g/mol. The third kappa shape index (κ3) is 3.25. The maximum atomic E-state index is 12.4. The van der Waals surface area contributed by atoms with Crippen LogP contribution in [0.4, 0.5) is 0 Å². The molecule has 1 saturated heterocycles. The second kappa shape index (κ2) is 6.36. The minimum Gasteiger partial charge on any atom is -0.335 e. The Kier molecular flexibility index (Phi) is 4.54. The molecule has 1 aromatic rings. The summed E-state index contributed by atoms with van der Waals surface area (Å²) in [6.07, 6.45) is 1.69. The van der Waals surface area contributed by atoms with Gasteiger partial charge in [-0.15, -0.1) is 0 Å². The van der Waals surface area contributed by atoms with E-state index in [0.29, 0.717) is 13.1 Å². The van der Waals surface area contributed by atoms with E-state index < -0.39 is 0 Å². The van der Waals surface area contributed by atoms with Gasteiger partial charge in [0, 0.05) is 26.2 Å². The van der Waals surface area contributed by atoms with Crippen LogP contribution in [-0.2, 0) is 4.79 Å². The lowest BCUT2D eigenvalue weighted by molar-refractivity contribution is -0.128. The van der Waals surface area contributed by atoms with Crippen molar-refractivity contribution in [2.75, 3.05) is 33.2 Å². The topological polar surface area (TPSA) is 47.3 Å². The lowest BCUT2D eigenvalue weighted by atomic mass is 10.1. The molecule has 0 saturated carbocycles. The van der Waals surface area contributed by atoms with Gasteiger partial charge in [-0.25, -0.2) is 0 Å². The van der Waals surface area contributed by atoms with Gasteiger partial charge in [0.1, 0.15) is 11.6 Å². The Bertz CT molecular complexity index is 563. The first-order chi connectivity index (χ1) is 9.61. The van der Waals surface area contributed by atoms with Crippen molar-refractivity contribution < 1.29 is 4.79 Å². The molecule has 0 spiro atoms. The second-order valence-corrected chi connectivity index (χ2v) is 5.12. The molecule has 0 unspecified atom stereocenters. The molecule has 0 radical (unpaired) electrons. The van der Waals surface area contributed by atoms with Crippen LogP contribution < -0.4 is 0 Å². The molecule has 2 rings (SSSR count). The first-order valence-corrected chi connectivity index (χ1v) is 6.77. The smallest absolute Gasteiger partial charge is 0.264 e. The predicted octanol–water partition coefficient (Wildman–Crippen LogP) is 1.68. The fourth-order valence-corrected chi connectivity index (χ4v) is 2.23. The van der Waals surface area contributed by atoms with Gasteiger partial charge in [0.05, 0.1) is 0 Å². The van der Waals surface area contributed by atoms with Crippen LogP contribution in [0.1, 0.15) is 11.1 Å². The molecule has 20 heavy (non-hydrogen) atoms. The molecule has 0 bridgehead atoms. The minimum absolute atomic E-state index is 0.163. The number of hydrogen-bond acceptors (Lipinski definition) is 3. The zero-order valence-corrected chi connectivity index (χ0v) is 12.0. The number of likely N-dealkylation sites (N-methyl/N-ethyl adjacent to an activating group) is 1. The zero-order chi connectivity index (χ0) is 14.5. The molecule has 1 amide bonds. The zero-order valence-electron chi connectivity index (χ0n) is 12.0. The molecule has 104 valence electrons. The van der Waals surface area contributed by atoms with Crippen molar-refractivity contribution in [2.24, 2.45) is 0 Å². The molecule has 1 fully saturated rings. The standard InChI is InChI=1S/C16H19N3O/c1-13-5-3-4-6-14(13)11-15(12-17)16(20)19-9-7-18(2)8-10-19/h3-6,11H,7-10H2,1-2H3/b15-11-. The van der Waals surface area contributed by atoms with Crippen molar-refractivity contribution in [1.82, 2.24) is 9.80 Å². The SMILES string of the molecule is Cc1ccccc1/C=C(/C#N)C(=O)N1CCN(C)CC1. The normalized spacial score (nSPS) is 16.9. The average Bonchev–Trinajstić information content (AvgIpc) is 2.46. The van der Waals surface area contributed by atoms with E-state index >= 15 is 0 Å². The van der Waals surface area contributed by atoms with Gasteiger partial charge in [-0.3, -0.25) is 4.79 Å². The molecule has 0 aliphatic carbocycles. The van der Waals surface area contributed by atoms with Gasteiger partial charge in [-0.05, 0) is 31.2 Å². The molecule has 1 aliphatic heterocycles. The van der Waals surface area contributed by atoms with Gasteiger partial charge < -0.3 is 9.80 Å². The Morgan fingerprint density at radius 1 is 1.25 bits per heavy atom. The van der Waals surface area contributed by atoms with E-state index in [1.165, 1.54) is 0 Å². The Hall–Kier alpha value is -2.12. The number of nitrogens with zero attached hydrogens (tertiary/aromatic N) is 3. The summed E-state index contributed by atoms with van der Waals surface area (Å²) in [5.41, 5.74) is 2.20. The van der Waals surface area contributed by atoms with Crippen LogP contribution in [-0.4, -0.2) is 48.9 Å². The number of nitriles is 1. The summed E-state index contributed by atoms with van der Waals surface area (Å²) in [6, 6.07) is 9.79. The first-order valence-electron chi connectivity index (χ1n) is 6.77. The third-order valence-electron chi connectivity index (χ3n) is 3.63. The number of carbonyl (C=O) groups excluding carboxylic acids is 1. The molecule has 1 heterocycles. The van der Waals surface area contributed by atoms with Crippen LogP contribution in [0.5, 0.6) is 0 Å². The number of benzene rings is 1. The quantitative estimate of drug-likeness (QED) is 0.606. The Morgan fingerprint density at radius 2 is 1.90 bits per heavy atom. The van der Waals surface area contributed by atoms with Crippen LogP contribution in [0.2, 0.25) is 0 Å². The maximum absolute atomic E-state index is 12.4. The summed E-state index contributed by atoms with van der Waals surface area (Å²) >= 11 is 0. The minimum atomic E-state index is -0.163. The van der Waals surface area contributed by atoms with Crippen molar-refractivity contribution in [1.29, 1.82) is 5.26 Å². The Labute approximate surface area is 119 Å². The van der Waals surface area contributed by atoms with Crippen LogP contribution in [0.25, 0.3) is 6.08 Å². The van der Waals surface area contributed by atoms with Crippen molar-refractivity contribution in [3.05, 3.63) is 41.0 Å². The van der Waals surface area contributed by atoms with E-state index in [2.05, 4.69) is 4.90 Å². The van der Waals surface area contributed by atoms with Crippen LogP contribution in [0, 0.1) is 18.3 Å². The Balaban J connectivity index is 2.18. The molecule has 4 heteroatoms.